The van der Waals surface area contributed by atoms with Crippen molar-refractivity contribution in [3.8, 4) is 0 Å². The van der Waals surface area contributed by atoms with Gasteiger partial charge in [-0.1, -0.05) is 43.3 Å². The summed E-state index contributed by atoms with van der Waals surface area (Å²) in [5, 5.41) is 0.393. The van der Waals surface area contributed by atoms with Crippen molar-refractivity contribution in [2.75, 3.05) is 22.3 Å². The molecule has 1 amide bonds. The lowest BCUT2D eigenvalue weighted by Crippen LogP contribution is -2.33. The molecule has 1 aliphatic rings. The molecule has 0 radical (unpaired) electrons. The quantitative estimate of drug-likeness (QED) is 0.503. The van der Waals surface area contributed by atoms with Crippen molar-refractivity contribution in [3.05, 3.63) is 84.4 Å². The number of nitrogens with zero attached hydrogens (tertiary/aromatic N) is 2. The van der Waals surface area contributed by atoms with Gasteiger partial charge >= 0.3 is 0 Å². The number of carbonyl (C=O) groups excluding carboxylic acids is 1. The van der Waals surface area contributed by atoms with Gasteiger partial charge in [0.15, 0.2) is 0 Å². The second-order valence-electron chi connectivity index (χ2n) is 7.67. The molecule has 1 atom stereocenters. The van der Waals surface area contributed by atoms with Crippen LogP contribution in [0.25, 0.3) is 0 Å². The van der Waals surface area contributed by atoms with Crippen molar-refractivity contribution in [1.29, 1.82) is 0 Å². The first-order chi connectivity index (χ1) is 15.4. The van der Waals surface area contributed by atoms with E-state index in [1.165, 1.54) is 10.4 Å². The minimum atomic E-state index is -3.81. The maximum atomic E-state index is 13.5. The van der Waals surface area contributed by atoms with Crippen LogP contribution in [0.4, 0.5) is 11.4 Å². The van der Waals surface area contributed by atoms with E-state index in [0.717, 1.165) is 17.0 Å². The number of carbonyl (C=O) groups is 1. The summed E-state index contributed by atoms with van der Waals surface area (Å²) in [5.41, 5.74) is 1.84. The van der Waals surface area contributed by atoms with Gasteiger partial charge in [0.2, 0.25) is 0 Å². The number of benzene rings is 3. The highest BCUT2D eigenvalue weighted by Crippen LogP contribution is 2.38. The van der Waals surface area contributed by atoms with E-state index in [-0.39, 0.29) is 10.8 Å². The fourth-order valence-electron chi connectivity index (χ4n) is 3.86. The summed E-state index contributed by atoms with van der Waals surface area (Å²) in [7, 11) is -3.81. The Morgan fingerprint density at radius 1 is 1.03 bits per heavy atom. The summed E-state index contributed by atoms with van der Waals surface area (Å²) in [6, 6.07) is 23.2. The Morgan fingerprint density at radius 3 is 2.50 bits per heavy atom. The first-order valence-corrected chi connectivity index (χ1v) is 13.0. The fraction of sp³-hybridized carbons (Fsp3) is 0.240. The maximum Gasteiger partial charge on any atom is 0.264 e. The number of para-hydroxylation sites is 2. The topological polar surface area (TPSA) is 57.7 Å². The minimum Gasteiger partial charge on any atom is -0.307 e. The number of fused-ring (bicyclic) bond motifs is 1. The third-order valence-corrected chi connectivity index (χ3v) is 8.63. The Hall–Kier alpha value is -2.77. The molecule has 0 saturated carbocycles. The molecule has 4 rings (SSSR count). The molecule has 0 spiro atoms. The molecule has 5 nitrogen and oxygen atoms in total. The van der Waals surface area contributed by atoms with Crippen LogP contribution in [0.15, 0.2) is 88.7 Å². The molecule has 32 heavy (non-hydrogen) atoms. The number of rotatable bonds is 5. The van der Waals surface area contributed by atoms with E-state index in [2.05, 4.69) is 6.92 Å². The first kappa shape index (κ1) is 22.4. The van der Waals surface area contributed by atoms with Crippen LogP contribution in [0.2, 0.25) is 0 Å². The molecule has 3 aromatic carbocycles. The van der Waals surface area contributed by atoms with Crippen molar-refractivity contribution < 1.29 is 13.2 Å². The molecule has 1 aliphatic heterocycles. The summed E-state index contributed by atoms with van der Waals surface area (Å²) < 4.78 is 28.2. The van der Waals surface area contributed by atoms with Gasteiger partial charge in [0.05, 0.1) is 16.3 Å². The lowest BCUT2D eigenvalue weighted by atomic mass is 10.1. The molecule has 0 saturated heterocycles. The number of thioether (sulfide) groups is 1. The molecule has 1 heterocycles. The molecule has 0 aliphatic carbocycles. The molecule has 166 valence electrons. The highest BCUT2D eigenvalue weighted by Gasteiger charge is 2.28. The van der Waals surface area contributed by atoms with Crippen LogP contribution in [0.1, 0.15) is 30.6 Å². The highest BCUT2D eigenvalue weighted by molar-refractivity contribution is 8.00. The third kappa shape index (κ3) is 4.40. The van der Waals surface area contributed by atoms with Gasteiger partial charge in [-0.15, -0.1) is 11.8 Å². The normalized spacial score (nSPS) is 16.2. The predicted octanol–water partition coefficient (Wildman–Crippen LogP) is 5.43. The van der Waals surface area contributed by atoms with E-state index in [0.29, 0.717) is 29.6 Å². The summed E-state index contributed by atoms with van der Waals surface area (Å²) >= 11 is 1.76. The van der Waals surface area contributed by atoms with Gasteiger partial charge < -0.3 is 4.90 Å². The predicted molar refractivity (Wildman–Crippen MR) is 131 cm³/mol. The third-order valence-electron chi connectivity index (χ3n) is 5.49. The van der Waals surface area contributed by atoms with Gasteiger partial charge in [-0.25, -0.2) is 8.42 Å². The number of hydrogen-bond acceptors (Lipinski definition) is 4. The van der Waals surface area contributed by atoms with Crippen LogP contribution in [0.3, 0.4) is 0 Å². The molecule has 7 heteroatoms. The van der Waals surface area contributed by atoms with Gasteiger partial charge in [0.1, 0.15) is 0 Å². The standard InChI is InChI=1S/C25H26N2O3S2/c1-3-27(21-11-5-4-6-12-21)32(29,30)22-13-9-10-20(18-22)25(28)26-17-16-19(2)31-24-15-8-7-14-23(24)26/h4-15,18-19H,3,16-17H2,1-2H3. The summed E-state index contributed by atoms with van der Waals surface area (Å²) in [5.74, 6) is -0.188. The summed E-state index contributed by atoms with van der Waals surface area (Å²) in [6.07, 6.45) is 0.862. The minimum absolute atomic E-state index is 0.111. The first-order valence-electron chi connectivity index (χ1n) is 10.7. The number of sulfonamides is 1. The van der Waals surface area contributed by atoms with E-state index < -0.39 is 10.0 Å². The average molecular weight is 467 g/mol. The average Bonchev–Trinajstić information content (AvgIpc) is 2.98. The zero-order chi connectivity index (χ0) is 22.7. The fourth-order valence-corrected chi connectivity index (χ4v) is 6.49. The van der Waals surface area contributed by atoms with Crippen molar-refractivity contribution in [1.82, 2.24) is 0 Å². The SMILES string of the molecule is CCN(c1ccccc1)S(=O)(=O)c1cccc(C(=O)N2CCC(C)Sc3ccccc32)c1. The Morgan fingerprint density at radius 2 is 1.75 bits per heavy atom. The van der Waals surface area contributed by atoms with E-state index >= 15 is 0 Å². The zero-order valence-electron chi connectivity index (χ0n) is 18.1. The van der Waals surface area contributed by atoms with Crippen LogP contribution in [-0.2, 0) is 10.0 Å². The smallest absolute Gasteiger partial charge is 0.264 e. The Balaban J connectivity index is 1.70. The van der Waals surface area contributed by atoms with Crippen molar-refractivity contribution in [2.45, 2.75) is 35.3 Å². The zero-order valence-corrected chi connectivity index (χ0v) is 19.8. The van der Waals surface area contributed by atoms with Crippen LogP contribution in [0.5, 0.6) is 0 Å². The Bertz CT molecular complexity index is 1210. The largest absolute Gasteiger partial charge is 0.307 e. The second kappa shape index (κ2) is 9.38. The van der Waals surface area contributed by atoms with Gasteiger partial charge in [0, 0.05) is 28.8 Å². The van der Waals surface area contributed by atoms with Crippen molar-refractivity contribution in [2.24, 2.45) is 0 Å². The van der Waals surface area contributed by atoms with E-state index in [1.807, 2.05) is 42.5 Å². The maximum absolute atomic E-state index is 13.5. The Labute approximate surface area is 194 Å². The second-order valence-corrected chi connectivity index (χ2v) is 11.0. The lowest BCUT2D eigenvalue weighted by molar-refractivity contribution is 0.0986. The van der Waals surface area contributed by atoms with Crippen LogP contribution in [0, 0.1) is 0 Å². The molecule has 3 aromatic rings. The van der Waals surface area contributed by atoms with E-state index in [1.54, 1.807) is 53.9 Å². The van der Waals surface area contributed by atoms with Crippen LogP contribution in [-0.4, -0.2) is 32.7 Å². The highest BCUT2D eigenvalue weighted by atomic mass is 32.2. The van der Waals surface area contributed by atoms with Crippen molar-refractivity contribution in [3.63, 3.8) is 0 Å². The summed E-state index contributed by atoms with van der Waals surface area (Å²) in [4.78, 5) is 16.5. The molecular weight excluding hydrogens is 440 g/mol. The van der Waals surface area contributed by atoms with Crippen LogP contribution >= 0.6 is 11.8 Å². The van der Waals surface area contributed by atoms with E-state index in [4.69, 9.17) is 0 Å². The molecule has 0 N–H and O–H groups in total. The van der Waals surface area contributed by atoms with Gasteiger partial charge in [-0.2, -0.15) is 0 Å². The molecule has 0 bridgehead atoms. The molecule has 0 fully saturated rings. The van der Waals surface area contributed by atoms with Gasteiger partial charge in [-0.05, 0) is 55.8 Å². The summed E-state index contributed by atoms with van der Waals surface area (Å²) in [6.45, 7) is 4.84. The van der Waals surface area contributed by atoms with E-state index in [9.17, 15) is 13.2 Å². The molecular formula is C25H26N2O3S2. The number of amides is 1. The number of hydrogen-bond donors (Lipinski definition) is 0. The van der Waals surface area contributed by atoms with Gasteiger partial charge in [0.25, 0.3) is 15.9 Å². The lowest BCUT2D eigenvalue weighted by Gasteiger charge is -2.24. The Kier molecular flexibility index (Phi) is 6.58. The van der Waals surface area contributed by atoms with Crippen molar-refractivity contribution >= 4 is 39.1 Å². The molecule has 0 aromatic heterocycles. The molecule has 1 unspecified atom stereocenters. The van der Waals surface area contributed by atoms with Gasteiger partial charge in [-0.3, -0.25) is 9.10 Å². The number of anilines is 2. The monoisotopic (exact) mass is 466 g/mol. The van der Waals surface area contributed by atoms with Crippen LogP contribution < -0.4 is 9.21 Å².